The highest BCUT2D eigenvalue weighted by Crippen LogP contribution is 2.38. The normalized spacial score (nSPS) is 18.8. The van der Waals surface area contributed by atoms with E-state index in [1.54, 1.807) is 0 Å². The van der Waals surface area contributed by atoms with E-state index < -0.39 is 64.4 Å². The molecule has 1 aliphatic rings. The van der Waals surface area contributed by atoms with Crippen molar-refractivity contribution >= 4 is 33.2 Å². The van der Waals surface area contributed by atoms with Gasteiger partial charge in [-0.2, -0.15) is 0 Å². The molecule has 9 nitrogen and oxygen atoms in total. The number of nitrogens with zero attached hydrogens (tertiary/aromatic N) is 1. The summed E-state index contributed by atoms with van der Waals surface area (Å²) in [5.74, 6) is -4.62. The van der Waals surface area contributed by atoms with Crippen LogP contribution in [-0.2, 0) is 14.6 Å². The summed E-state index contributed by atoms with van der Waals surface area (Å²) in [6.07, 6.45) is 0.797. The Labute approximate surface area is 194 Å². The first-order valence-corrected chi connectivity index (χ1v) is 11.3. The van der Waals surface area contributed by atoms with Gasteiger partial charge >= 0.3 is 0 Å². The Morgan fingerprint density at radius 1 is 1.25 bits per heavy atom. The number of sulfone groups is 1. The van der Waals surface area contributed by atoms with Gasteiger partial charge in [0.05, 0.1) is 50.4 Å². The second-order valence-corrected chi connectivity index (χ2v) is 9.08. The number of carbonyl (C=O) groups is 3. The number of ether oxygens (including phenoxy) is 2. The van der Waals surface area contributed by atoms with Crippen LogP contribution >= 0.6 is 0 Å². The van der Waals surface area contributed by atoms with Crippen LogP contribution in [0.25, 0.3) is 0 Å². The molecule has 170 valence electrons. The Balaban J connectivity index is 2.24. The van der Waals surface area contributed by atoms with Gasteiger partial charge in [-0.25, -0.2) is 8.42 Å². The molecule has 1 N–H and O–H groups in total. The Bertz CT molecular complexity index is 1420. The van der Waals surface area contributed by atoms with E-state index in [2.05, 4.69) is 5.32 Å². The summed E-state index contributed by atoms with van der Waals surface area (Å²) in [5.41, 5.74) is -0.727. The third-order valence-electron chi connectivity index (χ3n) is 4.49. The van der Waals surface area contributed by atoms with E-state index in [1.807, 2.05) is 0 Å². The molecule has 0 saturated heterocycles. The SMILES string of the molecule is [2H]C([2H])([2H])Oc1ccc([C@@]([2H])(CS(C)(=O)=O)N2C(=O)c3cccc(NC(C)=O)c3C2=O)cc1OC([2H])([2H])C. The van der Waals surface area contributed by atoms with Crippen molar-refractivity contribution in [2.24, 2.45) is 0 Å². The van der Waals surface area contributed by atoms with Crippen LogP contribution < -0.4 is 14.8 Å². The maximum absolute atomic E-state index is 13.5. The second kappa shape index (κ2) is 8.99. The van der Waals surface area contributed by atoms with Crippen molar-refractivity contribution in [1.29, 1.82) is 0 Å². The fourth-order valence-corrected chi connectivity index (χ4v) is 4.10. The molecule has 1 atom stereocenters. The molecule has 0 saturated carbocycles. The van der Waals surface area contributed by atoms with Crippen molar-refractivity contribution in [2.45, 2.75) is 19.9 Å². The molecule has 32 heavy (non-hydrogen) atoms. The molecule has 0 bridgehead atoms. The van der Waals surface area contributed by atoms with Crippen molar-refractivity contribution in [1.82, 2.24) is 4.90 Å². The number of fused-ring (bicyclic) bond motifs is 1. The average molecular weight is 467 g/mol. The minimum absolute atomic E-state index is 0.0119. The van der Waals surface area contributed by atoms with E-state index in [1.165, 1.54) is 25.1 Å². The molecule has 10 heteroatoms. The summed E-state index contributed by atoms with van der Waals surface area (Å²) < 4.78 is 81.5. The maximum atomic E-state index is 13.5. The van der Waals surface area contributed by atoms with Crippen LogP contribution in [0.4, 0.5) is 5.69 Å². The van der Waals surface area contributed by atoms with Gasteiger partial charge in [0.15, 0.2) is 11.5 Å². The number of hydrogen-bond donors (Lipinski definition) is 1. The molecule has 1 aliphatic heterocycles. The van der Waals surface area contributed by atoms with Crippen LogP contribution in [-0.4, -0.2) is 56.6 Å². The molecule has 0 aromatic heterocycles. The fourth-order valence-electron chi connectivity index (χ4n) is 3.31. The van der Waals surface area contributed by atoms with Crippen LogP contribution in [0.15, 0.2) is 36.4 Å². The predicted octanol–water partition coefficient (Wildman–Crippen LogP) is 2.43. The molecule has 1 heterocycles. The molecule has 2 aromatic carbocycles. The molecular formula is C22H24N2O7S. The fraction of sp³-hybridized carbons (Fsp3) is 0.318. The Hall–Kier alpha value is -3.40. The summed E-state index contributed by atoms with van der Waals surface area (Å²) in [4.78, 5) is 39.0. The zero-order valence-corrected chi connectivity index (χ0v) is 18.2. The number of hydrogen-bond acceptors (Lipinski definition) is 7. The number of methoxy groups -OCH3 is 1. The van der Waals surface area contributed by atoms with Gasteiger partial charge in [0, 0.05) is 13.2 Å². The van der Waals surface area contributed by atoms with Crippen molar-refractivity contribution in [3.63, 3.8) is 0 Å². The van der Waals surface area contributed by atoms with Gasteiger partial charge in [0.25, 0.3) is 11.8 Å². The third-order valence-corrected chi connectivity index (χ3v) is 5.29. The van der Waals surface area contributed by atoms with E-state index in [4.69, 9.17) is 17.7 Å². The summed E-state index contributed by atoms with van der Waals surface area (Å²) >= 11 is 0. The highest BCUT2D eigenvalue weighted by molar-refractivity contribution is 7.90. The molecule has 3 rings (SSSR count). The number of carbonyl (C=O) groups excluding carboxylic acids is 3. The lowest BCUT2D eigenvalue weighted by Crippen LogP contribution is -2.37. The average Bonchev–Trinajstić information content (AvgIpc) is 2.97. The standard InChI is InChI=1S/C22H24N2O7S/c1-5-31-19-11-14(9-10-18(19)30-3)17(12-32(4,28)29)24-21(26)15-7-6-8-16(23-13(2)25)20(15)22(24)27/h6-11,17H,5,12H2,1-4H3,(H,23,25)/t17-/m1/s1/i3D3,5D2,17D. The highest BCUT2D eigenvalue weighted by Gasteiger charge is 2.43. The van der Waals surface area contributed by atoms with E-state index in [0.717, 1.165) is 31.4 Å². The largest absolute Gasteiger partial charge is 0.493 e. The van der Waals surface area contributed by atoms with Gasteiger partial charge in [-0.05, 0) is 36.8 Å². The number of nitrogens with one attached hydrogen (secondary N) is 1. The van der Waals surface area contributed by atoms with Gasteiger partial charge < -0.3 is 14.8 Å². The number of benzene rings is 2. The van der Waals surface area contributed by atoms with Crippen molar-refractivity contribution in [3.05, 3.63) is 53.1 Å². The molecule has 0 fully saturated rings. The van der Waals surface area contributed by atoms with Crippen molar-refractivity contribution in [3.8, 4) is 11.5 Å². The lowest BCUT2D eigenvalue weighted by atomic mass is 10.1. The van der Waals surface area contributed by atoms with Crippen LogP contribution in [0, 0.1) is 0 Å². The Morgan fingerprint density at radius 2 is 2.00 bits per heavy atom. The van der Waals surface area contributed by atoms with Crippen molar-refractivity contribution in [2.75, 3.05) is 30.9 Å². The third kappa shape index (κ3) is 4.59. The van der Waals surface area contributed by atoms with Gasteiger partial charge in [0.2, 0.25) is 5.91 Å². The lowest BCUT2D eigenvalue weighted by Gasteiger charge is -2.27. The first-order chi connectivity index (χ1) is 17.2. The molecule has 0 spiro atoms. The molecule has 0 unspecified atom stereocenters. The first kappa shape index (κ1) is 16.3. The van der Waals surface area contributed by atoms with Crippen LogP contribution in [0.3, 0.4) is 0 Å². The smallest absolute Gasteiger partial charge is 0.264 e. The number of anilines is 1. The molecule has 0 aliphatic carbocycles. The molecular weight excluding hydrogens is 436 g/mol. The quantitative estimate of drug-likeness (QED) is 0.594. The van der Waals surface area contributed by atoms with Crippen LogP contribution in [0.2, 0.25) is 0 Å². The molecule has 2 aromatic rings. The molecule has 3 amide bonds. The zero-order chi connectivity index (χ0) is 28.8. The van der Waals surface area contributed by atoms with E-state index in [9.17, 15) is 22.8 Å². The van der Waals surface area contributed by atoms with E-state index in [0.29, 0.717) is 4.90 Å². The topological polar surface area (TPSA) is 119 Å². The van der Waals surface area contributed by atoms with Gasteiger partial charge in [-0.15, -0.1) is 0 Å². The predicted molar refractivity (Wildman–Crippen MR) is 118 cm³/mol. The number of amides is 3. The first-order valence-electron chi connectivity index (χ1n) is 12.2. The van der Waals surface area contributed by atoms with Crippen LogP contribution in [0.1, 0.15) is 54.4 Å². The summed E-state index contributed by atoms with van der Waals surface area (Å²) in [6, 6.07) is 4.47. The molecule has 0 radical (unpaired) electrons. The van der Waals surface area contributed by atoms with E-state index in [-0.39, 0.29) is 22.4 Å². The lowest BCUT2D eigenvalue weighted by molar-refractivity contribution is -0.114. The number of rotatable bonds is 8. The van der Waals surface area contributed by atoms with Crippen molar-refractivity contribution < 1.29 is 40.5 Å². The Morgan fingerprint density at radius 3 is 2.62 bits per heavy atom. The summed E-state index contributed by atoms with van der Waals surface area (Å²) in [5, 5.41) is 2.43. The second-order valence-electron chi connectivity index (χ2n) is 6.94. The summed E-state index contributed by atoms with van der Waals surface area (Å²) in [6.45, 7) is -0.166. The minimum atomic E-state index is -4.06. The Kier molecular flexibility index (Phi) is 4.57. The summed E-state index contributed by atoms with van der Waals surface area (Å²) in [7, 11) is -7.02. The van der Waals surface area contributed by atoms with Gasteiger partial charge in [-0.1, -0.05) is 12.1 Å². The van der Waals surface area contributed by atoms with Crippen LogP contribution in [0.5, 0.6) is 11.5 Å². The maximum Gasteiger partial charge on any atom is 0.264 e. The monoisotopic (exact) mass is 466 g/mol. The van der Waals surface area contributed by atoms with E-state index >= 15 is 0 Å². The number of imide groups is 1. The highest BCUT2D eigenvalue weighted by atomic mass is 32.2. The minimum Gasteiger partial charge on any atom is -0.493 e. The van der Waals surface area contributed by atoms with Gasteiger partial charge in [-0.3, -0.25) is 19.3 Å². The van der Waals surface area contributed by atoms with Gasteiger partial charge in [0.1, 0.15) is 9.84 Å². The zero-order valence-electron chi connectivity index (χ0n) is 23.4.